The Kier molecular flexibility index (Phi) is 4.54. The minimum atomic E-state index is -0.151. The molecule has 0 aliphatic heterocycles. The molecule has 0 aromatic heterocycles. The Morgan fingerprint density at radius 3 is 2.60 bits per heavy atom. The van der Waals surface area contributed by atoms with Crippen molar-refractivity contribution in [3.05, 3.63) is 41.7 Å². The number of allylic oxidation sites excluding steroid dienone is 1. The van der Waals surface area contributed by atoms with Gasteiger partial charge in [0, 0.05) is 0 Å². The van der Waals surface area contributed by atoms with Gasteiger partial charge in [-0.3, -0.25) is 0 Å². The number of unbranched alkanes of at least 4 members (excludes halogenated alkanes) is 2. The average Bonchev–Trinajstić information content (AvgIpc) is 2.17. The Morgan fingerprint density at radius 2 is 2.00 bits per heavy atom. The number of hydrogen-bond acceptors (Lipinski definition) is 0. The van der Waals surface area contributed by atoms with Crippen molar-refractivity contribution < 1.29 is 4.39 Å². The van der Waals surface area contributed by atoms with Gasteiger partial charge in [0.1, 0.15) is 5.82 Å². The fourth-order valence-electron chi connectivity index (χ4n) is 1.62. The van der Waals surface area contributed by atoms with E-state index in [4.69, 9.17) is 0 Å². The van der Waals surface area contributed by atoms with Gasteiger partial charge in [-0.2, -0.15) is 0 Å². The van der Waals surface area contributed by atoms with Gasteiger partial charge in [-0.15, -0.1) is 0 Å². The van der Waals surface area contributed by atoms with E-state index in [0.29, 0.717) is 0 Å². The Bertz CT molecular complexity index is 339. The summed E-state index contributed by atoms with van der Waals surface area (Å²) in [5, 5.41) is 0. The van der Waals surface area contributed by atoms with Crippen LogP contribution in [0.3, 0.4) is 0 Å². The zero-order valence-electron chi connectivity index (χ0n) is 9.65. The fraction of sp³-hybridized carbons (Fsp3) is 0.429. The molecule has 0 fully saturated rings. The van der Waals surface area contributed by atoms with Crippen molar-refractivity contribution in [2.45, 2.75) is 39.5 Å². The molecule has 1 aromatic rings. The maximum absolute atomic E-state index is 13.3. The fourth-order valence-corrected chi connectivity index (χ4v) is 1.62. The highest BCUT2D eigenvalue weighted by molar-refractivity contribution is 5.61. The summed E-state index contributed by atoms with van der Waals surface area (Å²) in [5.41, 5.74) is 2.93. The van der Waals surface area contributed by atoms with Crippen molar-refractivity contribution in [3.8, 4) is 0 Å². The largest absolute Gasteiger partial charge is 0.207 e. The van der Waals surface area contributed by atoms with Gasteiger partial charge in [0.05, 0.1) is 0 Å². The van der Waals surface area contributed by atoms with Crippen LogP contribution in [0, 0.1) is 5.82 Å². The topological polar surface area (TPSA) is 0 Å². The molecule has 15 heavy (non-hydrogen) atoms. The molecule has 1 rings (SSSR count). The lowest BCUT2D eigenvalue weighted by atomic mass is 10.0. The van der Waals surface area contributed by atoms with E-state index in [9.17, 15) is 4.39 Å². The highest BCUT2D eigenvalue weighted by atomic mass is 19.1. The van der Waals surface area contributed by atoms with Crippen molar-refractivity contribution in [2.24, 2.45) is 0 Å². The van der Waals surface area contributed by atoms with E-state index in [1.807, 2.05) is 13.0 Å². The van der Waals surface area contributed by atoms with E-state index in [0.717, 1.165) is 29.5 Å². The molecule has 0 atom stereocenters. The summed E-state index contributed by atoms with van der Waals surface area (Å²) in [6.45, 7) is 7.92. The normalized spacial score (nSPS) is 10.3. The summed E-state index contributed by atoms with van der Waals surface area (Å²) in [6, 6.07) is 5.22. The smallest absolute Gasteiger partial charge is 0.124 e. The molecule has 0 bridgehead atoms. The summed E-state index contributed by atoms with van der Waals surface area (Å²) in [4.78, 5) is 0. The van der Waals surface area contributed by atoms with Crippen LogP contribution in [-0.4, -0.2) is 0 Å². The minimum absolute atomic E-state index is 0.151. The quantitative estimate of drug-likeness (QED) is 0.618. The highest BCUT2D eigenvalue weighted by Crippen LogP contribution is 2.17. The molecular weight excluding hydrogens is 187 g/mol. The van der Waals surface area contributed by atoms with Crippen molar-refractivity contribution in [1.82, 2.24) is 0 Å². The zero-order chi connectivity index (χ0) is 11.3. The van der Waals surface area contributed by atoms with Gasteiger partial charge in [0.2, 0.25) is 0 Å². The summed E-state index contributed by atoms with van der Waals surface area (Å²) in [7, 11) is 0. The van der Waals surface area contributed by atoms with E-state index >= 15 is 0 Å². The standard InChI is InChI=1S/C14H19F/c1-4-5-6-7-12-8-13(11(2)3)10-14(15)9-12/h8-10H,2,4-7H2,1,3H3. The summed E-state index contributed by atoms with van der Waals surface area (Å²) in [5.74, 6) is -0.151. The molecule has 0 nitrogen and oxygen atoms in total. The lowest BCUT2D eigenvalue weighted by Gasteiger charge is -2.05. The van der Waals surface area contributed by atoms with E-state index < -0.39 is 0 Å². The predicted molar refractivity (Wildman–Crippen MR) is 64.3 cm³/mol. The van der Waals surface area contributed by atoms with Crippen LogP contribution in [0.25, 0.3) is 5.57 Å². The number of hydrogen-bond donors (Lipinski definition) is 0. The summed E-state index contributed by atoms with van der Waals surface area (Å²) >= 11 is 0. The van der Waals surface area contributed by atoms with Gasteiger partial charge < -0.3 is 0 Å². The Labute approximate surface area is 91.8 Å². The molecule has 0 amide bonds. The van der Waals surface area contributed by atoms with Gasteiger partial charge in [-0.05, 0) is 43.0 Å². The van der Waals surface area contributed by atoms with E-state index in [1.165, 1.54) is 12.8 Å². The maximum Gasteiger partial charge on any atom is 0.124 e. The third-order valence-electron chi connectivity index (χ3n) is 2.52. The number of aryl methyl sites for hydroxylation is 1. The molecule has 1 heteroatoms. The lowest BCUT2D eigenvalue weighted by molar-refractivity contribution is 0.622. The van der Waals surface area contributed by atoms with E-state index in [1.54, 1.807) is 12.1 Å². The van der Waals surface area contributed by atoms with Crippen molar-refractivity contribution in [3.63, 3.8) is 0 Å². The van der Waals surface area contributed by atoms with Crippen LogP contribution in [0.4, 0.5) is 4.39 Å². The molecule has 0 N–H and O–H groups in total. The molecule has 0 radical (unpaired) electrons. The van der Waals surface area contributed by atoms with Crippen LogP contribution in [-0.2, 0) is 6.42 Å². The Balaban J connectivity index is 2.75. The second-order valence-electron chi connectivity index (χ2n) is 4.09. The van der Waals surface area contributed by atoms with Crippen LogP contribution in [0.5, 0.6) is 0 Å². The first-order valence-electron chi connectivity index (χ1n) is 5.59. The van der Waals surface area contributed by atoms with Crippen molar-refractivity contribution in [1.29, 1.82) is 0 Å². The SMILES string of the molecule is C=C(C)c1cc(F)cc(CCCCC)c1. The maximum atomic E-state index is 13.3. The Hall–Kier alpha value is -1.11. The van der Waals surface area contributed by atoms with Crippen LogP contribution >= 0.6 is 0 Å². The second kappa shape index (κ2) is 5.69. The predicted octanol–water partition coefficient (Wildman–Crippen LogP) is 4.59. The average molecular weight is 206 g/mol. The van der Waals surface area contributed by atoms with Crippen LogP contribution in [0.1, 0.15) is 44.2 Å². The van der Waals surface area contributed by atoms with Gasteiger partial charge in [-0.25, -0.2) is 4.39 Å². The monoisotopic (exact) mass is 206 g/mol. The Morgan fingerprint density at radius 1 is 1.27 bits per heavy atom. The first-order valence-corrected chi connectivity index (χ1v) is 5.59. The third-order valence-corrected chi connectivity index (χ3v) is 2.52. The molecule has 0 saturated heterocycles. The van der Waals surface area contributed by atoms with Gasteiger partial charge in [0.15, 0.2) is 0 Å². The summed E-state index contributed by atoms with van der Waals surface area (Å²) < 4.78 is 13.3. The molecule has 0 heterocycles. The number of rotatable bonds is 5. The summed E-state index contributed by atoms with van der Waals surface area (Å²) in [6.07, 6.45) is 4.50. The minimum Gasteiger partial charge on any atom is -0.207 e. The van der Waals surface area contributed by atoms with Crippen molar-refractivity contribution >= 4 is 5.57 Å². The van der Waals surface area contributed by atoms with Gasteiger partial charge >= 0.3 is 0 Å². The van der Waals surface area contributed by atoms with Gasteiger partial charge in [0.25, 0.3) is 0 Å². The molecule has 0 saturated carbocycles. The molecule has 0 unspecified atom stereocenters. The van der Waals surface area contributed by atoms with Crippen LogP contribution in [0.15, 0.2) is 24.8 Å². The zero-order valence-corrected chi connectivity index (χ0v) is 9.65. The molecule has 0 aliphatic carbocycles. The third kappa shape index (κ3) is 3.86. The molecule has 1 aromatic carbocycles. The lowest BCUT2D eigenvalue weighted by Crippen LogP contribution is -1.90. The molecule has 82 valence electrons. The molecular formula is C14H19F. The van der Waals surface area contributed by atoms with E-state index in [2.05, 4.69) is 13.5 Å². The highest BCUT2D eigenvalue weighted by Gasteiger charge is 2.01. The van der Waals surface area contributed by atoms with Gasteiger partial charge in [-0.1, -0.05) is 38.0 Å². The molecule has 0 aliphatic rings. The van der Waals surface area contributed by atoms with E-state index in [-0.39, 0.29) is 5.82 Å². The van der Waals surface area contributed by atoms with Crippen LogP contribution in [0.2, 0.25) is 0 Å². The van der Waals surface area contributed by atoms with Crippen LogP contribution < -0.4 is 0 Å². The first kappa shape index (κ1) is 12.0. The molecule has 0 spiro atoms. The number of halogens is 1. The van der Waals surface area contributed by atoms with Crippen molar-refractivity contribution in [2.75, 3.05) is 0 Å². The second-order valence-corrected chi connectivity index (χ2v) is 4.09. The number of benzene rings is 1. The first-order chi connectivity index (χ1) is 7.13.